The number of nitrogens with zero attached hydrogens (tertiary/aromatic N) is 2. The summed E-state index contributed by atoms with van der Waals surface area (Å²) in [5.74, 6) is 1.61. The third kappa shape index (κ3) is 4.33. The van der Waals surface area contributed by atoms with Crippen molar-refractivity contribution in [3.05, 3.63) is 132 Å². The highest BCUT2D eigenvalue weighted by Gasteiger charge is 2.22. The average Bonchev–Trinajstić information content (AvgIpc) is 3.58. The van der Waals surface area contributed by atoms with E-state index in [0.29, 0.717) is 5.92 Å². The number of fused-ring (bicyclic) bond motifs is 2. The second-order valence-corrected chi connectivity index (χ2v) is 11.7. The normalized spacial score (nSPS) is 11.6. The van der Waals surface area contributed by atoms with Gasteiger partial charge >= 0.3 is 0 Å². The van der Waals surface area contributed by atoms with Crippen LogP contribution < -0.4 is 0 Å². The molecule has 0 amide bonds. The van der Waals surface area contributed by atoms with Gasteiger partial charge in [-0.05, 0) is 47.2 Å². The Morgan fingerprint density at radius 3 is 2.00 bits per heavy atom. The summed E-state index contributed by atoms with van der Waals surface area (Å²) in [6, 6.07) is 43.5. The maximum absolute atomic E-state index is 5.29. The van der Waals surface area contributed by atoms with Crippen molar-refractivity contribution in [3.63, 3.8) is 0 Å². The fourth-order valence-corrected chi connectivity index (χ4v) is 6.76. The van der Waals surface area contributed by atoms with Gasteiger partial charge in [0.25, 0.3) is 0 Å². The molecule has 0 saturated carbocycles. The van der Waals surface area contributed by atoms with E-state index in [9.17, 15) is 0 Å². The molecule has 7 rings (SSSR count). The van der Waals surface area contributed by atoms with Gasteiger partial charge in [-0.2, -0.15) is 0 Å². The molecule has 0 spiro atoms. The molecule has 5 aromatic carbocycles. The van der Waals surface area contributed by atoms with Crippen molar-refractivity contribution >= 4 is 32.5 Å². The van der Waals surface area contributed by atoms with Gasteiger partial charge in [0.05, 0.1) is 16.7 Å². The molecule has 0 aliphatic rings. The van der Waals surface area contributed by atoms with Crippen LogP contribution in [0.25, 0.3) is 60.4 Å². The Balaban J connectivity index is 1.55. The van der Waals surface area contributed by atoms with Gasteiger partial charge in [0, 0.05) is 32.2 Å². The lowest BCUT2D eigenvalue weighted by Crippen LogP contribution is -2.03. The van der Waals surface area contributed by atoms with Gasteiger partial charge in [-0.3, -0.25) is 4.57 Å². The van der Waals surface area contributed by atoms with Crippen molar-refractivity contribution in [2.24, 2.45) is 5.92 Å². The summed E-state index contributed by atoms with van der Waals surface area (Å²) in [4.78, 5) is 5.29. The highest BCUT2D eigenvalue weighted by Crippen LogP contribution is 2.42. The number of aromatic nitrogens is 2. The maximum Gasteiger partial charge on any atom is 0.147 e. The van der Waals surface area contributed by atoms with Crippen LogP contribution in [0.1, 0.15) is 19.4 Å². The molecule has 0 aliphatic carbocycles. The van der Waals surface area contributed by atoms with Crippen LogP contribution in [0.15, 0.2) is 127 Å². The summed E-state index contributed by atoms with van der Waals surface area (Å²) in [5.41, 5.74) is 10.6. The van der Waals surface area contributed by atoms with Gasteiger partial charge in [0.2, 0.25) is 0 Å². The molecule has 2 heterocycles. The second kappa shape index (κ2) is 10.3. The third-order valence-electron chi connectivity index (χ3n) is 7.51. The summed E-state index contributed by atoms with van der Waals surface area (Å²) in [5, 5.41) is 3.54. The number of hydrogen-bond donors (Lipinski definition) is 0. The number of rotatable bonds is 6. The van der Waals surface area contributed by atoms with E-state index in [4.69, 9.17) is 4.98 Å². The van der Waals surface area contributed by atoms with Crippen LogP contribution in [0.3, 0.4) is 0 Å². The minimum absolute atomic E-state index is 0.631. The molecule has 3 heteroatoms. The molecule has 0 fully saturated rings. The number of hydrogen-bond acceptors (Lipinski definition) is 2. The quantitative estimate of drug-likeness (QED) is 0.207. The first-order valence-electron chi connectivity index (χ1n) is 13.9. The predicted molar refractivity (Wildman–Crippen MR) is 171 cm³/mol. The molecule has 0 aliphatic heterocycles. The third-order valence-corrected chi connectivity index (χ3v) is 8.46. The summed E-state index contributed by atoms with van der Waals surface area (Å²) in [6.07, 6.45) is 1.09. The molecule has 194 valence electrons. The van der Waals surface area contributed by atoms with Crippen molar-refractivity contribution in [3.8, 4) is 39.3 Å². The maximum atomic E-state index is 5.29. The lowest BCUT2D eigenvalue weighted by molar-refractivity contribution is 0.648. The van der Waals surface area contributed by atoms with Crippen LogP contribution in [0.4, 0.5) is 0 Å². The summed E-state index contributed by atoms with van der Waals surface area (Å²) >= 11 is 1.81. The van der Waals surface area contributed by atoms with Gasteiger partial charge in [-0.25, -0.2) is 4.98 Å². The Morgan fingerprint density at radius 2 is 1.32 bits per heavy atom. The van der Waals surface area contributed by atoms with Gasteiger partial charge < -0.3 is 0 Å². The smallest absolute Gasteiger partial charge is 0.147 e. The van der Waals surface area contributed by atoms with E-state index < -0.39 is 0 Å². The lowest BCUT2D eigenvalue weighted by Gasteiger charge is -2.19. The minimum atomic E-state index is 0.631. The Bertz CT molecular complexity index is 1890. The molecule has 0 radical (unpaired) electrons. The minimum Gasteiger partial charge on any atom is -0.291 e. The largest absolute Gasteiger partial charge is 0.291 e. The van der Waals surface area contributed by atoms with E-state index in [1.165, 1.54) is 43.5 Å². The SMILES string of the molecule is CC(C)Cc1ccc2c(-c3nc4ccccc4n3-c3c(-c4ccccc4)cccc3-c3ccccc3)csc2c1. The van der Waals surface area contributed by atoms with E-state index in [2.05, 4.69) is 145 Å². The summed E-state index contributed by atoms with van der Waals surface area (Å²) in [7, 11) is 0. The zero-order valence-electron chi connectivity index (χ0n) is 22.7. The fraction of sp³-hybridized carbons (Fsp3) is 0.108. The molecule has 0 unspecified atom stereocenters. The van der Waals surface area contributed by atoms with E-state index in [1.807, 2.05) is 11.3 Å². The Kier molecular flexibility index (Phi) is 6.30. The fourth-order valence-electron chi connectivity index (χ4n) is 5.76. The second-order valence-electron chi connectivity index (χ2n) is 10.8. The highest BCUT2D eigenvalue weighted by atomic mass is 32.1. The van der Waals surface area contributed by atoms with E-state index in [-0.39, 0.29) is 0 Å². The number of imidazole rings is 1. The van der Waals surface area contributed by atoms with Crippen LogP contribution in [-0.4, -0.2) is 9.55 Å². The molecule has 7 aromatic rings. The van der Waals surface area contributed by atoms with Crippen LogP contribution in [-0.2, 0) is 6.42 Å². The van der Waals surface area contributed by atoms with Gasteiger partial charge in [-0.1, -0.05) is 117 Å². The van der Waals surface area contributed by atoms with Crippen LogP contribution >= 0.6 is 11.3 Å². The average molecular weight is 535 g/mol. The zero-order chi connectivity index (χ0) is 27.1. The first kappa shape index (κ1) is 24.6. The standard InChI is InChI=1S/C37H30N2S/c1-25(2)22-26-20-21-31-32(24-40-35(31)23-26)37-38-33-18-9-10-19-34(33)39(37)36-29(27-12-5-3-6-13-27)16-11-17-30(36)28-14-7-4-8-15-28/h3-21,23-25H,22H2,1-2H3. The molecule has 40 heavy (non-hydrogen) atoms. The van der Waals surface area contributed by atoms with Gasteiger partial charge in [0.15, 0.2) is 0 Å². The first-order chi connectivity index (χ1) is 19.7. The summed E-state index contributed by atoms with van der Waals surface area (Å²) < 4.78 is 3.70. The van der Waals surface area contributed by atoms with E-state index in [0.717, 1.165) is 29.0 Å². The first-order valence-corrected chi connectivity index (χ1v) is 14.8. The van der Waals surface area contributed by atoms with Crippen LogP contribution in [0.5, 0.6) is 0 Å². The molecular formula is C37H30N2S. The van der Waals surface area contributed by atoms with Crippen molar-refractivity contribution in [2.75, 3.05) is 0 Å². The van der Waals surface area contributed by atoms with Crippen molar-refractivity contribution < 1.29 is 0 Å². The topological polar surface area (TPSA) is 17.8 Å². The summed E-state index contributed by atoms with van der Waals surface area (Å²) in [6.45, 7) is 4.56. The number of thiophene rings is 1. The number of para-hydroxylation sites is 3. The molecule has 2 aromatic heterocycles. The monoisotopic (exact) mass is 534 g/mol. The van der Waals surface area contributed by atoms with Gasteiger partial charge in [0.1, 0.15) is 5.82 Å². The molecular weight excluding hydrogens is 504 g/mol. The van der Waals surface area contributed by atoms with E-state index in [1.54, 1.807) is 0 Å². The Hall–Kier alpha value is -4.47. The molecule has 0 bridgehead atoms. The highest BCUT2D eigenvalue weighted by molar-refractivity contribution is 7.17. The van der Waals surface area contributed by atoms with Gasteiger partial charge in [-0.15, -0.1) is 11.3 Å². The van der Waals surface area contributed by atoms with E-state index >= 15 is 0 Å². The van der Waals surface area contributed by atoms with Crippen LogP contribution in [0.2, 0.25) is 0 Å². The Labute approximate surface area is 239 Å². The predicted octanol–water partition coefficient (Wildman–Crippen LogP) is 10.4. The lowest BCUT2D eigenvalue weighted by atomic mass is 9.95. The molecule has 0 N–H and O–H groups in total. The van der Waals surface area contributed by atoms with Crippen molar-refractivity contribution in [1.82, 2.24) is 9.55 Å². The Morgan fingerprint density at radius 1 is 0.675 bits per heavy atom. The molecule has 2 nitrogen and oxygen atoms in total. The van der Waals surface area contributed by atoms with Crippen molar-refractivity contribution in [2.45, 2.75) is 20.3 Å². The zero-order valence-corrected chi connectivity index (χ0v) is 23.5. The molecule has 0 saturated heterocycles. The molecule has 0 atom stereocenters. The number of benzene rings is 5. The van der Waals surface area contributed by atoms with Crippen LogP contribution in [0, 0.1) is 5.92 Å². The van der Waals surface area contributed by atoms with Crippen molar-refractivity contribution in [1.29, 1.82) is 0 Å².